The van der Waals surface area contributed by atoms with E-state index in [9.17, 15) is 4.39 Å². The van der Waals surface area contributed by atoms with E-state index in [1.54, 1.807) is 35.6 Å². The van der Waals surface area contributed by atoms with Crippen LogP contribution >= 0.6 is 0 Å². The van der Waals surface area contributed by atoms with E-state index in [-0.39, 0.29) is 17.6 Å². The molecule has 0 amide bonds. The fourth-order valence-electron chi connectivity index (χ4n) is 3.33. The summed E-state index contributed by atoms with van der Waals surface area (Å²) >= 11 is 0. The smallest absolute Gasteiger partial charge is 0.237 e. The summed E-state index contributed by atoms with van der Waals surface area (Å²) in [5.74, 6) is 0.778. The molecule has 1 aliphatic heterocycles. The van der Waals surface area contributed by atoms with Gasteiger partial charge in [0.05, 0.1) is 41.8 Å². The fourth-order valence-corrected chi connectivity index (χ4v) is 3.33. The summed E-state index contributed by atoms with van der Waals surface area (Å²) in [7, 11) is 0. The SMILES string of the molecule is Nc1cnc(-n2cnc3ccncc32)nc1N[C@@H]1CCOc2c(F)cccc21. The van der Waals surface area contributed by atoms with Crippen molar-refractivity contribution in [2.75, 3.05) is 17.7 Å². The molecular weight excluding hydrogens is 361 g/mol. The van der Waals surface area contributed by atoms with E-state index in [1.807, 2.05) is 12.1 Å². The number of hydrogen-bond donors (Lipinski definition) is 2. The number of para-hydroxylation sites is 1. The lowest BCUT2D eigenvalue weighted by Gasteiger charge is -2.27. The van der Waals surface area contributed by atoms with Crippen LogP contribution in [-0.4, -0.2) is 31.1 Å². The van der Waals surface area contributed by atoms with Crippen molar-refractivity contribution in [3.63, 3.8) is 0 Å². The fraction of sp³-hybridized carbons (Fsp3) is 0.158. The molecule has 3 aromatic heterocycles. The predicted octanol–water partition coefficient (Wildman–Crippen LogP) is 2.87. The Morgan fingerprint density at radius 1 is 1.21 bits per heavy atom. The Morgan fingerprint density at radius 2 is 2.14 bits per heavy atom. The number of hydrogen-bond acceptors (Lipinski definition) is 7. The van der Waals surface area contributed by atoms with Gasteiger partial charge in [0.25, 0.3) is 0 Å². The number of benzene rings is 1. The van der Waals surface area contributed by atoms with Gasteiger partial charge in [0, 0.05) is 18.2 Å². The van der Waals surface area contributed by atoms with Crippen molar-refractivity contribution in [1.29, 1.82) is 0 Å². The minimum absolute atomic E-state index is 0.175. The first-order valence-electron chi connectivity index (χ1n) is 8.78. The molecule has 0 spiro atoms. The Labute approximate surface area is 159 Å². The van der Waals surface area contributed by atoms with Crippen molar-refractivity contribution in [2.45, 2.75) is 12.5 Å². The number of ether oxygens (including phenoxy) is 1. The van der Waals surface area contributed by atoms with Crippen LogP contribution in [0.25, 0.3) is 17.0 Å². The average Bonchev–Trinajstić information content (AvgIpc) is 3.15. The first-order valence-corrected chi connectivity index (χ1v) is 8.78. The summed E-state index contributed by atoms with van der Waals surface area (Å²) in [5, 5.41) is 3.31. The zero-order valence-electron chi connectivity index (χ0n) is 14.7. The number of anilines is 2. The van der Waals surface area contributed by atoms with Gasteiger partial charge in [0.1, 0.15) is 6.33 Å². The Kier molecular flexibility index (Phi) is 3.78. The van der Waals surface area contributed by atoms with Crippen LogP contribution in [0.15, 0.2) is 49.2 Å². The third-order valence-electron chi connectivity index (χ3n) is 4.71. The summed E-state index contributed by atoms with van der Waals surface area (Å²) in [5.41, 5.74) is 8.81. The number of nitrogen functional groups attached to an aromatic ring is 1. The summed E-state index contributed by atoms with van der Waals surface area (Å²) in [6.45, 7) is 0.404. The highest BCUT2D eigenvalue weighted by molar-refractivity contribution is 5.75. The van der Waals surface area contributed by atoms with E-state index in [0.717, 1.165) is 16.6 Å². The number of nitrogens with zero attached hydrogens (tertiary/aromatic N) is 5. The molecule has 1 aromatic carbocycles. The number of halogens is 1. The van der Waals surface area contributed by atoms with E-state index in [0.29, 0.717) is 30.5 Å². The topological polar surface area (TPSA) is 104 Å². The van der Waals surface area contributed by atoms with Gasteiger partial charge in [-0.05, 0) is 12.1 Å². The molecule has 8 nitrogen and oxygen atoms in total. The second kappa shape index (κ2) is 6.45. The molecule has 0 saturated heterocycles. The number of pyridine rings is 1. The molecule has 0 fully saturated rings. The van der Waals surface area contributed by atoms with E-state index in [2.05, 4.69) is 25.3 Å². The van der Waals surface area contributed by atoms with Crippen LogP contribution in [0, 0.1) is 5.82 Å². The van der Waals surface area contributed by atoms with Gasteiger partial charge in [-0.25, -0.2) is 14.4 Å². The molecule has 4 heterocycles. The second-order valence-corrected chi connectivity index (χ2v) is 6.45. The number of aromatic nitrogens is 5. The van der Waals surface area contributed by atoms with Gasteiger partial charge in [-0.1, -0.05) is 12.1 Å². The highest BCUT2D eigenvalue weighted by Gasteiger charge is 2.25. The minimum Gasteiger partial charge on any atom is -0.490 e. The molecule has 1 aliphatic rings. The van der Waals surface area contributed by atoms with Gasteiger partial charge >= 0.3 is 0 Å². The Balaban J connectivity index is 1.52. The van der Waals surface area contributed by atoms with Crippen LogP contribution in [0.1, 0.15) is 18.0 Å². The molecule has 4 aromatic rings. The molecule has 0 unspecified atom stereocenters. The van der Waals surface area contributed by atoms with Gasteiger partial charge in [0.15, 0.2) is 17.4 Å². The van der Waals surface area contributed by atoms with Crippen molar-refractivity contribution >= 4 is 22.5 Å². The van der Waals surface area contributed by atoms with E-state index >= 15 is 0 Å². The lowest BCUT2D eigenvalue weighted by atomic mass is 10.0. The maximum Gasteiger partial charge on any atom is 0.237 e. The summed E-state index contributed by atoms with van der Waals surface area (Å²) in [6, 6.07) is 6.52. The van der Waals surface area contributed by atoms with Gasteiger partial charge in [-0.3, -0.25) is 9.55 Å². The molecule has 0 aliphatic carbocycles. The second-order valence-electron chi connectivity index (χ2n) is 6.45. The molecule has 28 heavy (non-hydrogen) atoms. The standard InChI is InChI=1S/C19H16FN7O/c20-12-3-1-2-11-14(5-7-28-17(11)12)25-18-13(21)8-23-19(26-18)27-10-24-15-4-6-22-9-16(15)27/h1-4,6,8-10,14H,5,7,21H2,(H,23,25,26)/t14-/m1/s1. The third kappa shape index (κ3) is 2.68. The first-order chi connectivity index (χ1) is 13.7. The van der Waals surface area contributed by atoms with Crippen LogP contribution in [0.2, 0.25) is 0 Å². The van der Waals surface area contributed by atoms with Crippen molar-refractivity contribution < 1.29 is 9.13 Å². The largest absolute Gasteiger partial charge is 0.490 e. The molecule has 0 bridgehead atoms. The maximum atomic E-state index is 14.0. The maximum absolute atomic E-state index is 14.0. The van der Waals surface area contributed by atoms with Gasteiger partial charge in [0.2, 0.25) is 5.95 Å². The van der Waals surface area contributed by atoms with Gasteiger partial charge in [-0.15, -0.1) is 0 Å². The minimum atomic E-state index is -0.377. The quantitative estimate of drug-likeness (QED) is 0.566. The molecule has 1 atom stereocenters. The number of imidazole rings is 1. The monoisotopic (exact) mass is 377 g/mol. The highest BCUT2D eigenvalue weighted by Crippen LogP contribution is 2.36. The zero-order chi connectivity index (χ0) is 19.1. The average molecular weight is 377 g/mol. The Morgan fingerprint density at radius 3 is 3.07 bits per heavy atom. The zero-order valence-corrected chi connectivity index (χ0v) is 14.7. The van der Waals surface area contributed by atoms with Crippen molar-refractivity contribution in [3.05, 3.63) is 60.6 Å². The highest BCUT2D eigenvalue weighted by atomic mass is 19.1. The Hall–Kier alpha value is -3.75. The van der Waals surface area contributed by atoms with E-state index < -0.39 is 0 Å². The van der Waals surface area contributed by atoms with E-state index in [4.69, 9.17) is 10.5 Å². The van der Waals surface area contributed by atoms with Crippen LogP contribution in [0.4, 0.5) is 15.9 Å². The predicted molar refractivity (Wildman–Crippen MR) is 102 cm³/mol. The molecule has 0 radical (unpaired) electrons. The van der Waals surface area contributed by atoms with Crippen molar-refractivity contribution in [2.24, 2.45) is 0 Å². The van der Waals surface area contributed by atoms with Crippen molar-refractivity contribution in [3.8, 4) is 11.7 Å². The normalized spacial score (nSPS) is 15.8. The summed E-state index contributed by atoms with van der Waals surface area (Å²) < 4.78 is 21.3. The molecule has 140 valence electrons. The third-order valence-corrected chi connectivity index (χ3v) is 4.71. The number of rotatable bonds is 3. The van der Waals surface area contributed by atoms with Crippen molar-refractivity contribution in [1.82, 2.24) is 24.5 Å². The van der Waals surface area contributed by atoms with Crippen LogP contribution in [-0.2, 0) is 0 Å². The molecule has 5 rings (SSSR count). The lowest BCUT2D eigenvalue weighted by Crippen LogP contribution is -2.22. The Bertz CT molecular complexity index is 1180. The van der Waals surface area contributed by atoms with E-state index in [1.165, 1.54) is 6.07 Å². The van der Waals surface area contributed by atoms with Crippen LogP contribution in [0.3, 0.4) is 0 Å². The number of fused-ring (bicyclic) bond motifs is 2. The molecular formula is C19H16FN7O. The molecule has 3 N–H and O–H groups in total. The van der Waals surface area contributed by atoms with Crippen LogP contribution < -0.4 is 15.8 Å². The number of nitrogens with two attached hydrogens (primary N) is 1. The summed E-state index contributed by atoms with van der Waals surface area (Å²) in [4.78, 5) is 17.4. The van der Waals surface area contributed by atoms with Crippen LogP contribution in [0.5, 0.6) is 5.75 Å². The first kappa shape index (κ1) is 16.4. The molecule has 9 heteroatoms. The summed E-state index contributed by atoms with van der Waals surface area (Å²) in [6.07, 6.45) is 7.22. The molecule has 0 saturated carbocycles. The van der Waals surface area contributed by atoms with Gasteiger partial charge < -0.3 is 15.8 Å². The van der Waals surface area contributed by atoms with Gasteiger partial charge in [-0.2, -0.15) is 4.98 Å². The number of nitrogens with one attached hydrogen (secondary N) is 1. The lowest BCUT2D eigenvalue weighted by molar-refractivity contribution is 0.260.